The van der Waals surface area contributed by atoms with Crippen LogP contribution in [0, 0.1) is 17.0 Å². The second kappa shape index (κ2) is 18.1. The average Bonchev–Trinajstić information content (AvgIpc) is 3.39. The Bertz CT molecular complexity index is 1550. The Morgan fingerprint density at radius 1 is 0.887 bits per heavy atom. The number of carbonyl (C=O) groups excluding carboxylic acids is 1. The Hall–Kier alpha value is -4.39. The molecule has 4 rings (SSSR count). The number of alkyl halides is 6. The lowest BCUT2D eigenvalue weighted by Crippen LogP contribution is -2.54. The zero-order valence-corrected chi connectivity index (χ0v) is 29.9. The van der Waals surface area contributed by atoms with Crippen LogP contribution in [0.4, 0.5) is 45.6 Å². The molecule has 11 nitrogen and oxygen atoms in total. The summed E-state index contributed by atoms with van der Waals surface area (Å²) in [5.74, 6) is -6.02. The number of carbonyl (C=O) groups is 3. The maximum atomic E-state index is 13.6. The Balaban J connectivity index is 0.000000587. The molecule has 1 aliphatic carbocycles. The lowest BCUT2D eigenvalue weighted by Gasteiger charge is -2.47. The van der Waals surface area contributed by atoms with Crippen LogP contribution in [0.15, 0.2) is 36.4 Å². The normalized spacial score (nSPS) is 20.2. The summed E-state index contributed by atoms with van der Waals surface area (Å²) in [4.78, 5) is 35.4. The smallest absolute Gasteiger partial charge is 0.490 e. The molecule has 0 aromatic heterocycles. The first-order chi connectivity index (χ1) is 24.3. The molecule has 53 heavy (non-hydrogen) atoms. The highest BCUT2D eigenvalue weighted by molar-refractivity contribution is 5.89. The number of rotatable bonds is 9. The van der Waals surface area contributed by atoms with Crippen LogP contribution in [0.2, 0.25) is 0 Å². The highest BCUT2D eigenvalue weighted by Gasteiger charge is 2.52. The fourth-order valence-electron chi connectivity index (χ4n) is 6.83. The van der Waals surface area contributed by atoms with Gasteiger partial charge in [-0.3, -0.25) is 4.90 Å². The highest BCUT2D eigenvalue weighted by Crippen LogP contribution is 2.51. The first kappa shape index (κ1) is 44.8. The first-order valence-electron chi connectivity index (χ1n) is 16.1. The molecular formula is C34H44F8N4O7. The number of likely N-dealkylation sites (tertiary alicyclic amines) is 1. The Kier molecular flexibility index (Phi) is 15.3. The summed E-state index contributed by atoms with van der Waals surface area (Å²) >= 11 is 0. The van der Waals surface area contributed by atoms with E-state index in [2.05, 4.69) is 60.5 Å². The van der Waals surface area contributed by atoms with Gasteiger partial charge in [0.15, 0.2) is 23.1 Å². The monoisotopic (exact) mass is 772 g/mol. The van der Waals surface area contributed by atoms with Gasteiger partial charge in [-0.05, 0) is 81.6 Å². The van der Waals surface area contributed by atoms with Gasteiger partial charge in [-0.25, -0.2) is 23.2 Å². The van der Waals surface area contributed by atoms with Crippen molar-refractivity contribution in [3.63, 3.8) is 0 Å². The van der Waals surface area contributed by atoms with Gasteiger partial charge in [-0.1, -0.05) is 19.9 Å². The maximum Gasteiger partial charge on any atom is 0.490 e. The minimum Gasteiger partial charge on any atom is -0.493 e. The second-order valence-corrected chi connectivity index (χ2v) is 13.7. The van der Waals surface area contributed by atoms with Gasteiger partial charge < -0.3 is 35.2 Å². The van der Waals surface area contributed by atoms with Gasteiger partial charge in [0, 0.05) is 42.3 Å². The van der Waals surface area contributed by atoms with Gasteiger partial charge in [0.25, 0.3) is 0 Å². The van der Waals surface area contributed by atoms with Crippen LogP contribution < -0.4 is 20.1 Å². The van der Waals surface area contributed by atoms with Crippen LogP contribution in [-0.4, -0.2) is 110 Å². The number of carboxylic acids is 2. The van der Waals surface area contributed by atoms with E-state index in [4.69, 9.17) is 29.3 Å². The molecule has 1 saturated heterocycles. The van der Waals surface area contributed by atoms with Crippen LogP contribution >= 0.6 is 0 Å². The number of carboxylic acid groups (broad SMARTS) is 2. The van der Waals surface area contributed by atoms with E-state index in [1.165, 1.54) is 11.6 Å². The van der Waals surface area contributed by atoms with E-state index in [0.717, 1.165) is 63.2 Å². The van der Waals surface area contributed by atoms with Crippen molar-refractivity contribution < 1.29 is 69.2 Å². The number of hydrogen-bond acceptors (Lipinski definition) is 7. The molecule has 0 spiro atoms. The molecule has 2 amide bonds. The summed E-state index contributed by atoms with van der Waals surface area (Å²) in [6.45, 7) is 7.49. The number of methoxy groups -OCH3 is 2. The van der Waals surface area contributed by atoms with Crippen molar-refractivity contribution in [3.05, 3.63) is 53.6 Å². The molecule has 0 unspecified atom stereocenters. The summed E-state index contributed by atoms with van der Waals surface area (Å²) < 4.78 is 102. The van der Waals surface area contributed by atoms with Crippen LogP contribution in [-0.2, 0) is 15.0 Å². The van der Waals surface area contributed by atoms with Crippen molar-refractivity contribution >= 4 is 23.7 Å². The molecule has 298 valence electrons. The highest BCUT2D eigenvalue weighted by atomic mass is 19.4. The molecule has 2 aromatic carbocycles. The zero-order valence-electron chi connectivity index (χ0n) is 29.9. The SMILES string of the molecule is COc1ccc([C@@]23CC[C@@H](NC(=O)Nc4ccc(F)c(F)c4)C[C@@H]2N(CC(C)(C)CN(C)C)CC3)cc1OC.O=C(O)C(F)(F)F.O=C(O)C(F)(F)F. The van der Waals surface area contributed by atoms with Crippen molar-refractivity contribution in [1.29, 1.82) is 0 Å². The zero-order chi connectivity index (χ0) is 40.5. The predicted octanol–water partition coefficient (Wildman–Crippen LogP) is 6.52. The molecule has 1 heterocycles. The topological polar surface area (TPSA) is 141 Å². The number of aliphatic carboxylic acids is 2. The molecule has 2 aliphatic rings. The van der Waals surface area contributed by atoms with Crippen molar-refractivity contribution in [2.75, 3.05) is 53.3 Å². The third kappa shape index (κ3) is 12.9. The van der Waals surface area contributed by atoms with E-state index in [1.54, 1.807) is 14.2 Å². The quantitative estimate of drug-likeness (QED) is 0.210. The number of benzene rings is 2. The van der Waals surface area contributed by atoms with E-state index in [1.807, 2.05) is 6.07 Å². The van der Waals surface area contributed by atoms with E-state index >= 15 is 0 Å². The number of halogens is 8. The van der Waals surface area contributed by atoms with Gasteiger partial charge >= 0.3 is 30.3 Å². The van der Waals surface area contributed by atoms with Crippen molar-refractivity contribution in [2.24, 2.45) is 5.41 Å². The third-order valence-electron chi connectivity index (χ3n) is 8.70. The lowest BCUT2D eigenvalue weighted by atomic mass is 9.65. The van der Waals surface area contributed by atoms with E-state index in [9.17, 15) is 39.9 Å². The molecule has 3 atom stereocenters. The summed E-state index contributed by atoms with van der Waals surface area (Å²) in [5, 5.41) is 20.0. The molecule has 4 N–H and O–H groups in total. The maximum absolute atomic E-state index is 13.6. The molecule has 0 radical (unpaired) electrons. The summed E-state index contributed by atoms with van der Waals surface area (Å²) in [7, 11) is 7.51. The van der Waals surface area contributed by atoms with E-state index in [0.29, 0.717) is 5.75 Å². The molecule has 2 aromatic rings. The van der Waals surface area contributed by atoms with Crippen LogP contribution in [0.3, 0.4) is 0 Å². The van der Waals surface area contributed by atoms with E-state index in [-0.39, 0.29) is 28.6 Å². The fourth-order valence-corrected chi connectivity index (χ4v) is 6.83. The standard InChI is InChI=1S/C30H42F2N4O3.2C2HF3O2/c1-29(2,18-35(3)4)19-36-14-13-30(20-7-10-25(38-5)26(15-20)39-6)12-11-22(17-27(30)36)34-28(37)33-21-8-9-23(31)24(32)16-21;2*3-2(4,5)1(6)7/h7-10,15-16,22,27H,11-14,17-19H2,1-6H3,(H2,33,34,37);2*(H,6,7)/t22-,27+,30+;;/m1../s1. The largest absolute Gasteiger partial charge is 0.493 e. The Morgan fingerprint density at radius 3 is 1.94 bits per heavy atom. The molecule has 19 heteroatoms. The third-order valence-corrected chi connectivity index (χ3v) is 8.70. The van der Waals surface area contributed by atoms with Gasteiger partial charge in [0.2, 0.25) is 0 Å². The number of anilines is 1. The van der Waals surface area contributed by atoms with Gasteiger partial charge in [-0.15, -0.1) is 0 Å². The second-order valence-electron chi connectivity index (χ2n) is 13.7. The molecule has 1 aliphatic heterocycles. The van der Waals surface area contributed by atoms with Crippen molar-refractivity contribution in [1.82, 2.24) is 15.1 Å². The Labute approximate surface area is 301 Å². The summed E-state index contributed by atoms with van der Waals surface area (Å²) in [6, 6.07) is 9.37. The molecule has 2 fully saturated rings. The van der Waals surface area contributed by atoms with Crippen LogP contribution in [0.5, 0.6) is 11.5 Å². The predicted molar refractivity (Wildman–Crippen MR) is 177 cm³/mol. The number of ether oxygens (including phenoxy) is 2. The number of nitrogens with zero attached hydrogens (tertiary/aromatic N) is 2. The van der Waals surface area contributed by atoms with Crippen LogP contribution in [0.1, 0.15) is 45.1 Å². The fraction of sp³-hybridized carbons (Fsp3) is 0.559. The van der Waals surface area contributed by atoms with Gasteiger partial charge in [-0.2, -0.15) is 26.3 Å². The summed E-state index contributed by atoms with van der Waals surface area (Å²) in [5.41, 5.74) is 1.47. The van der Waals surface area contributed by atoms with Gasteiger partial charge in [0.05, 0.1) is 14.2 Å². The first-order valence-corrected chi connectivity index (χ1v) is 16.1. The number of fused-ring (bicyclic) bond motifs is 1. The molecular weight excluding hydrogens is 728 g/mol. The summed E-state index contributed by atoms with van der Waals surface area (Å²) in [6.07, 6.45) is -6.63. The average molecular weight is 773 g/mol. The van der Waals surface area contributed by atoms with Gasteiger partial charge in [0.1, 0.15) is 0 Å². The number of hydrogen-bond donors (Lipinski definition) is 4. The van der Waals surface area contributed by atoms with Crippen molar-refractivity contribution in [2.45, 2.75) is 69.4 Å². The van der Waals surface area contributed by atoms with Crippen LogP contribution in [0.25, 0.3) is 0 Å². The number of urea groups is 1. The minimum absolute atomic E-state index is 0.0499. The Morgan fingerprint density at radius 2 is 1.45 bits per heavy atom. The molecule has 1 saturated carbocycles. The lowest BCUT2D eigenvalue weighted by molar-refractivity contribution is -0.193. The minimum atomic E-state index is -5.08. The van der Waals surface area contributed by atoms with Crippen molar-refractivity contribution in [3.8, 4) is 11.5 Å². The number of amides is 2. The number of nitrogens with one attached hydrogen (secondary N) is 2. The molecule has 0 bridgehead atoms. The van der Waals surface area contributed by atoms with E-state index < -0.39 is 42.0 Å².